The molecule has 3 aromatic heterocycles. The van der Waals surface area contributed by atoms with E-state index in [1.54, 1.807) is 24.4 Å². The Morgan fingerprint density at radius 1 is 1.12 bits per heavy atom. The van der Waals surface area contributed by atoms with Crippen molar-refractivity contribution in [3.63, 3.8) is 0 Å². The number of aryl methyl sites for hydroxylation is 1. The summed E-state index contributed by atoms with van der Waals surface area (Å²) >= 11 is 0. The van der Waals surface area contributed by atoms with Crippen molar-refractivity contribution in [2.24, 2.45) is 0 Å². The highest BCUT2D eigenvalue weighted by Crippen LogP contribution is 2.33. The van der Waals surface area contributed by atoms with Crippen LogP contribution in [0.4, 0.5) is 23.3 Å². The summed E-state index contributed by atoms with van der Waals surface area (Å²) in [6.45, 7) is 12.1. The smallest absolute Gasteiger partial charge is 0.256 e. The predicted molar refractivity (Wildman–Crippen MR) is 163 cm³/mol. The number of anilines is 4. The van der Waals surface area contributed by atoms with Gasteiger partial charge in [0.25, 0.3) is 5.91 Å². The molecule has 4 heterocycles. The molecule has 12 nitrogen and oxygen atoms in total. The van der Waals surface area contributed by atoms with Crippen LogP contribution in [0.15, 0.2) is 47.9 Å². The Bertz CT molecular complexity index is 1620. The van der Waals surface area contributed by atoms with Crippen LogP contribution in [0.25, 0.3) is 16.6 Å². The minimum absolute atomic E-state index is 0.311. The lowest BCUT2D eigenvalue weighted by molar-refractivity contribution is 0.0605. The van der Waals surface area contributed by atoms with Gasteiger partial charge in [0.15, 0.2) is 17.4 Å². The second-order valence-corrected chi connectivity index (χ2v) is 11.3. The summed E-state index contributed by atoms with van der Waals surface area (Å²) < 4.78 is 5.20. The third kappa shape index (κ3) is 5.68. The van der Waals surface area contributed by atoms with Gasteiger partial charge in [-0.25, -0.2) is 19.9 Å². The molecule has 42 heavy (non-hydrogen) atoms. The Labute approximate surface area is 244 Å². The Kier molecular flexibility index (Phi) is 7.56. The molecule has 218 valence electrons. The summed E-state index contributed by atoms with van der Waals surface area (Å²) in [5.74, 6) is 1.72. The molecule has 0 unspecified atom stereocenters. The Morgan fingerprint density at radius 3 is 2.64 bits per heavy atom. The number of allylic oxidation sites excluding steroid dienone is 1. The molecular weight excluding hydrogens is 532 g/mol. The first-order valence-corrected chi connectivity index (χ1v) is 14.2. The summed E-state index contributed by atoms with van der Waals surface area (Å²) in [5, 5.41) is 10.0. The van der Waals surface area contributed by atoms with E-state index in [-0.39, 0.29) is 5.91 Å². The second kappa shape index (κ2) is 11.5. The molecule has 12 heteroatoms. The number of rotatable bonds is 8. The highest BCUT2D eigenvalue weighted by Gasteiger charge is 2.37. The van der Waals surface area contributed by atoms with Crippen molar-refractivity contribution >= 4 is 45.8 Å². The Hall–Kier alpha value is -4.42. The number of amides is 1. The number of carbonyl (C=O) groups is 1. The van der Waals surface area contributed by atoms with Crippen LogP contribution < -0.4 is 15.5 Å². The Balaban J connectivity index is 1.17. The van der Waals surface area contributed by atoms with Crippen LogP contribution in [-0.4, -0.2) is 93.2 Å². The van der Waals surface area contributed by atoms with Crippen molar-refractivity contribution in [1.82, 2.24) is 34.9 Å². The minimum Gasteiger partial charge on any atom is -0.354 e. The van der Waals surface area contributed by atoms with Crippen LogP contribution in [0, 0.1) is 6.92 Å². The molecule has 4 aromatic rings. The van der Waals surface area contributed by atoms with Crippen LogP contribution >= 0.6 is 0 Å². The number of likely N-dealkylation sites (N-methyl/N-ethyl adjacent to an activating group) is 1. The third-order valence-corrected chi connectivity index (χ3v) is 8.30. The lowest BCUT2D eigenvalue weighted by Gasteiger charge is -2.48. The zero-order chi connectivity index (χ0) is 29.4. The van der Waals surface area contributed by atoms with Gasteiger partial charge in [-0.15, -0.1) is 0 Å². The molecule has 2 aliphatic rings. The van der Waals surface area contributed by atoms with Gasteiger partial charge < -0.3 is 25.0 Å². The maximum atomic E-state index is 13.0. The molecule has 6 rings (SSSR count). The number of aromatic nitrogens is 5. The van der Waals surface area contributed by atoms with E-state index < -0.39 is 0 Å². The SMILES string of the molecule is C=C(C)c1cc(NC(=O)c2ccc(C)c(Nc3ncnc4cnc(N(C)C5CC(N6CCN(C)CC6)C5)nc34)c2)no1. The van der Waals surface area contributed by atoms with Gasteiger partial charge in [0, 0.05) is 62.6 Å². The molecule has 1 aromatic carbocycles. The number of nitrogens with one attached hydrogen (secondary N) is 2. The molecule has 1 aliphatic heterocycles. The van der Waals surface area contributed by atoms with Gasteiger partial charge >= 0.3 is 0 Å². The van der Waals surface area contributed by atoms with E-state index in [2.05, 4.69) is 66.1 Å². The van der Waals surface area contributed by atoms with Gasteiger partial charge in [-0.3, -0.25) is 9.69 Å². The first-order valence-electron chi connectivity index (χ1n) is 14.2. The molecule has 1 aliphatic carbocycles. The summed E-state index contributed by atoms with van der Waals surface area (Å²) in [5.41, 5.74) is 4.11. The topological polar surface area (TPSA) is 128 Å². The van der Waals surface area contributed by atoms with Crippen LogP contribution in [-0.2, 0) is 0 Å². The normalized spacial score (nSPS) is 19.3. The van der Waals surface area contributed by atoms with E-state index in [9.17, 15) is 4.79 Å². The fourth-order valence-electron chi connectivity index (χ4n) is 5.38. The van der Waals surface area contributed by atoms with Gasteiger partial charge in [-0.2, -0.15) is 0 Å². The zero-order valence-electron chi connectivity index (χ0n) is 24.5. The molecule has 0 atom stereocenters. The van der Waals surface area contributed by atoms with Crippen molar-refractivity contribution < 1.29 is 9.32 Å². The largest absolute Gasteiger partial charge is 0.354 e. The number of hydrogen-bond donors (Lipinski definition) is 2. The first kappa shape index (κ1) is 27.7. The third-order valence-electron chi connectivity index (χ3n) is 8.30. The van der Waals surface area contributed by atoms with Gasteiger partial charge in [0.1, 0.15) is 17.4 Å². The van der Waals surface area contributed by atoms with Gasteiger partial charge in [-0.1, -0.05) is 17.8 Å². The van der Waals surface area contributed by atoms with E-state index in [0.29, 0.717) is 52.0 Å². The fourth-order valence-corrected chi connectivity index (χ4v) is 5.38. The van der Waals surface area contributed by atoms with Gasteiger partial charge in [0.2, 0.25) is 5.95 Å². The number of piperazine rings is 1. The number of benzene rings is 1. The van der Waals surface area contributed by atoms with Crippen molar-refractivity contribution in [3.8, 4) is 0 Å². The number of fused-ring (bicyclic) bond motifs is 1. The number of carbonyl (C=O) groups excluding carboxylic acids is 1. The molecular formula is C30H36N10O2. The standard InChI is InChI=1S/C30H36N10O2/c1-18(2)25-15-26(37-42-25)35-29(41)20-7-6-19(3)23(12-20)34-28-27-24(32-17-33-28)16-31-30(36-27)39(5)21-13-22(14-21)40-10-8-38(4)9-11-40/h6-7,12,15-17,21-22H,1,8-11,13-14H2,2-5H3,(H,32,33,34)(H,35,37,41). The lowest BCUT2D eigenvalue weighted by atomic mass is 9.84. The quantitative estimate of drug-likeness (QED) is 0.320. The van der Waals surface area contributed by atoms with Crippen molar-refractivity contribution in [2.75, 3.05) is 55.8 Å². The van der Waals surface area contributed by atoms with E-state index in [1.807, 2.05) is 19.9 Å². The zero-order valence-corrected chi connectivity index (χ0v) is 24.5. The molecule has 1 amide bonds. The second-order valence-electron chi connectivity index (χ2n) is 11.3. The summed E-state index contributed by atoms with van der Waals surface area (Å²) in [6.07, 6.45) is 5.44. The van der Waals surface area contributed by atoms with Crippen LogP contribution in [0.5, 0.6) is 0 Å². The van der Waals surface area contributed by atoms with Crippen molar-refractivity contribution in [2.45, 2.75) is 38.8 Å². The minimum atomic E-state index is -0.311. The van der Waals surface area contributed by atoms with Crippen LogP contribution in [0.1, 0.15) is 41.4 Å². The molecule has 1 saturated carbocycles. The van der Waals surface area contributed by atoms with E-state index in [1.165, 1.54) is 6.33 Å². The average molecular weight is 569 g/mol. The average Bonchev–Trinajstić information content (AvgIpc) is 3.43. The van der Waals surface area contributed by atoms with Crippen LogP contribution in [0.2, 0.25) is 0 Å². The van der Waals surface area contributed by atoms with Crippen LogP contribution in [0.3, 0.4) is 0 Å². The molecule has 0 bridgehead atoms. The summed E-state index contributed by atoms with van der Waals surface area (Å²) in [7, 11) is 4.25. The van der Waals surface area contributed by atoms with Crippen molar-refractivity contribution in [3.05, 3.63) is 60.3 Å². The fraction of sp³-hybridized carbons (Fsp3) is 0.400. The van der Waals surface area contributed by atoms with E-state index in [0.717, 1.165) is 55.8 Å². The Morgan fingerprint density at radius 2 is 1.90 bits per heavy atom. The maximum absolute atomic E-state index is 13.0. The number of hydrogen-bond acceptors (Lipinski definition) is 11. The van der Waals surface area contributed by atoms with E-state index >= 15 is 0 Å². The molecule has 2 N–H and O–H groups in total. The lowest BCUT2D eigenvalue weighted by Crippen LogP contribution is -2.57. The maximum Gasteiger partial charge on any atom is 0.256 e. The predicted octanol–water partition coefficient (Wildman–Crippen LogP) is 3.96. The molecule has 1 saturated heterocycles. The summed E-state index contributed by atoms with van der Waals surface area (Å²) in [6, 6.07) is 8.07. The molecule has 0 spiro atoms. The first-order chi connectivity index (χ1) is 20.2. The highest BCUT2D eigenvalue weighted by atomic mass is 16.5. The van der Waals surface area contributed by atoms with Gasteiger partial charge in [0.05, 0.1) is 6.20 Å². The summed E-state index contributed by atoms with van der Waals surface area (Å²) in [4.78, 5) is 38.5. The monoisotopic (exact) mass is 568 g/mol. The van der Waals surface area contributed by atoms with Gasteiger partial charge in [-0.05, 0) is 57.0 Å². The van der Waals surface area contributed by atoms with Crippen molar-refractivity contribution in [1.29, 1.82) is 0 Å². The molecule has 0 radical (unpaired) electrons. The number of nitrogens with zero attached hydrogens (tertiary/aromatic N) is 8. The van der Waals surface area contributed by atoms with E-state index in [4.69, 9.17) is 9.51 Å². The molecule has 2 fully saturated rings. The highest BCUT2D eigenvalue weighted by molar-refractivity contribution is 6.04.